The molecule has 0 saturated heterocycles. The van der Waals surface area contributed by atoms with E-state index in [2.05, 4.69) is 22.4 Å². The van der Waals surface area contributed by atoms with Crippen LogP contribution in [0.4, 0.5) is 0 Å². The summed E-state index contributed by atoms with van der Waals surface area (Å²) in [7, 11) is 0. The van der Waals surface area contributed by atoms with Crippen molar-refractivity contribution in [2.75, 3.05) is 0 Å². The van der Waals surface area contributed by atoms with E-state index < -0.39 is 0 Å². The fourth-order valence-corrected chi connectivity index (χ4v) is 2.13. The standard InChI is InChI=1S/C11H20N4/c1-8-9(7-14-15-8)6-13-11-4-2-10(12)3-5-11/h7,10-11,13H,2-6,12H2,1H3,(H,14,15). The van der Waals surface area contributed by atoms with Gasteiger partial charge in [0.15, 0.2) is 0 Å². The Bertz CT molecular complexity index is 299. The van der Waals surface area contributed by atoms with E-state index in [1.807, 2.05) is 6.20 Å². The molecule has 0 bridgehead atoms. The molecule has 0 unspecified atom stereocenters. The summed E-state index contributed by atoms with van der Waals surface area (Å²) in [6.07, 6.45) is 6.62. The van der Waals surface area contributed by atoms with Crippen LogP contribution in [0.25, 0.3) is 0 Å². The Hall–Kier alpha value is -0.870. The summed E-state index contributed by atoms with van der Waals surface area (Å²) in [6, 6.07) is 1.07. The van der Waals surface area contributed by atoms with E-state index >= 15 is 0 Å². The number of aryl methyl sites for hydroxylation is 1. The second-order valence-corrected chi connectivity index (χ2v) is 4.51. The molecule has 0 atom stereocenters. The molecule has 1 aromatic rings. The van der Waals surface area contributed by atoms with Gasteiger partial charge in [0.05, 0.1) is 6.20 Å². The molecule has 2 rings (SSSR count). The van der Waals surface area contributed by atoms with Crippen molar-refractivity contribution in [3.05, 3.63) is 17.5 Å². The van der Waals surface area contributed by atoms with Crippen LogP contribution in [0.5, 0.6) is 0 Å². The lowest BCUT2D eigenvalue weighted by atomic mass is 9.92. The number of rotatable bonds is 3. The topological polar surface area (TPSA) is 66.7 Å². The Labute approximate surface area is 90.6 Å². The van der Waals surface area contributed by atoms with Gasteiger partial charge < -0.3 is 11.1 Å². The summed E-state index contributed by atoms with van der Waals surface area (Å²) in [5, 5.41) is 10.5. The molecule has 0 aromatic carbocycles. The highest BCUT2D eigenvalue weighted by Gasteiger charge is 2.17. The molecule has 0 amide bonds. The van der Waals surface area contributed by atoms with Crippen LogP contribution >= 0.6 is 0 Å². The highest BCUT2D eigenvalue weighted by molar-refractivity contribution is 5.13. The number of hydrogen-bond acceptors (Lipinski definition) is 3. The molecule has 0 aliphatic heterocycles. The van der Waals surface area contributed by atoms with Gasteiger partial charge in [0.2, 0.25) is 0 Å². The van der Waals surface area contributed by atoms with Gasteiger partial charge in [-0.05, 0) is 32.6 Å². The van der Waals surface area contributed by atoms with Crippen molar-refractivity contribution >= 4 is 0 Å². The van der Waals surface area contributed by atoms with Gasteiger partial charge in [0.25, 0.3) is 0 Å². The average Bonchev–Trinajstić information content (AvgIpc) is 2.63. The van der Waals surface area contributed by atoms with Gasteiger partial charge in [-0.15, -0.1) is 0 Å². The Morgan fingerprint density at radius 2 is 2.20 bits per heavy atom. The quantitative estimate of drug-likeness (QED) is 0.696. The summed E-state index contributed by atoms with van der Waals surface area (Å²) in [5.41, 5.74) is 8.30. The first-order valence-corrected chi connectivity index (χ1v) is 5.73. The molecule has 15 heavy (non-hydrogen) atoms. The van der Waals surface area contributed by atoms with Gasteiger partial charge in [-0.1, -0.05) is 0 Å². The Kier molecular flexibility index (Phi) is 3.38. The van der Waals surface area contributed by atoms with Crippen LogP contribution in [0, 0.1) is 6.92 Å². The first-order chi connectivity index (χ1) is 7.25. The predicted molar refractivity (Wildman–Crippen MR) is 60.4 cm³/mol. The van der Waals surface area contributed by atoms with Crippen molar-refractivity contribution < 1.29 is 0 Å². The van der Waals surface area contributed by atoms with Crippen molar-refractivity contribution in [2.24, 2.45) is 5.73 Å². The van der Waals surface area contributed by atoms with Crippen molar-refractivity contribution in [3.8, 4) is 0 Å². The lowest BCUT2D eigenvalue weighted by Gasteiger charge is -2.26. The summed E-state index contributed by atoms with van der Waals surface area (Å²) in [4.78, 5) is 0. The Morgan fingerprint density at radius 1 is 1.47 bits per heavy atom. The molecular formula is C11H20N4. The number of nitrogens with zero attached hydrogens (tertiary/aromatic N) is 1. The zero-order chi connectivity index (χ0) is 10.7. The number of hydrogen-bond donors (Lipinski definition) is 3. The minimum absolute atomic E-state index is 0.429. The second kappa shape index (κ2) is 4.77. The third kappa shape index (κ3) is 2.79. The molecule has 0 spiro atoms. The molecule has 4 N–H and O–H groups in total. The molecule has 0 radical (unpaired) electrons. The van der Waals surface area contributed by atoms with Crippen LogP contribution in [-0.2, 0) is 6.54 Å². The van der Waals surface area contributed by atoms with Crippen molar-refractivity contribution in [3.63, 3.8) is 0 Å². The summed E-state index contributed by atoms with van der Waals surface area (Å²) in [6.45, 7) is 2.98. The molecular weight excluding hydrogens is 188 g/mol. The fraction of sp³-hybridized carbons (Fsp3) is 0.727. The molecule has 1 heterocycles. The van der Waals surface area contributed by atoms with E-state index in [1.54, 1.807) is 0 Å². The molecule has 4 nitrogen and oxygen atoms in total. The lowest BCUT2D eigenvalue weighted by Crippen LogP contribution is -2.37. The van der Waals surface area contributed by atoms with Crippen LogP contribution < -0.4 is 11.1 Å². The SMILES string of the molecule is Cc1[nH]ncc1CNC1CCC(N)CC1. The minimum Gasteiger partial charge on any atom is -0.328 e. The van der Waals surface area contributed by atoms with Crippen LogP contribution in [0.3, 0.4) is 0 Å². The van der Waals surface area contributed by atoms with Crippen LogP contribution in [0.15, 0.2) is 6.20 Å². The van der Waals surface area contributed by atoms with E-state index in [-0.39, 0.29) is 0 Å². The van der Waals surface area contributed by atoms with E-state index in [0.717, 1.165) is 25.1 Å². The molecule has 1 saturated carbocycles. The smallest absolute Gasteiger partial charge is 0.0535 e. The number of aromatic nitrogens is 2. The summed E-state index contributed by atoms with van der Waals surface area (Å²) in [5.74, 6) is 0. The minimum atomic E-state index is 0.429. The molecule has 84 valence electrons. The van der Waals surface area contributed by atoms with Crippen LogP contribution in [0.2, 0.25) is 0 Å². The largest absolute Gasteiger partial charge is 0.328 e. The molecule has 4 heteroatoms. The van der Waals surface area contributed by atoms with Gasteiger partial charge in [-0.3, -0.25) is 5.10 Å². The zero-order valence-corrected chi connectivity index (χ0v) is 9.29. The van der Waals surface area contributed by atoms with Crippen LogP contribution in [0.1, 0.15) is 36.9 Å². The van der Waals surface area contributed by atoms with Crippen molar-refractivity contribution in [2.45, 2.75) is 51.2 Å². The van der Waals surface area contributed by atoms with E-state index in [9.17, 15) is 0 Å². The fourth-order valence-electron chi connectivity index (χ4n) is 2.13. The number of nitrogens with one attached hydrogen (secondary N) is 2. The number of nitrogens with two attached hydrogens (primary N) is 1. The lowest BCUT2D eigenvalue weighted by molar-refractivity contribution is 0.341. The van der Waals surface area contributed by atoms with E-state index in [1.165, 1.54) is 18.4 Å². The first kappa shape index (κ1) is 10.6. The summed E-state index contributed by atoms with van der Waals surface area (Å²) < 4.78 is 0. The van der Waals surface area contributed by atoms with Gasteiger partial charge >= 0.3 is 0 Å². The third-order valence-corrected chi connectivity index (χ3v) is 3.29. The van der Waals surface area contributed by atoms with Gasteiger partial charge in [-0.25, -0.2) is 0 Å². The van der Waals surface area contributed by atoms with E-state index in [4.69, 9.17) is 5.73 Å². The zero-order valence-electron chi connectivity index (χ0n) is 9.29. The normalized spacial score (nSPS) is 26.8. The number of H-pyrrole nitrogens is 1. The average molecular weight is 208 g/mol. The molecule has 1 aliphatic rings. The first-order valence-electron chi connectivity index (χ1n) is 5.73. The number of aromatic amines is 1. The maximum atomic E-state index is 5.87. The molecule has 1 aromatic heterocycles. The van der Waals surface area contributed by atoms with Gasteiger partial charge in [0.1, 0.15) is 0 Å². The Morgan fingerprint density at radius 3 is 2.80 bits per heavy atom. The van der Waals surface area contributed by atoms with Crippen LogP contribution in [-0.4, -0.2) is 22.3 Å². The van der Waals surface area contributed by atoms with E-state index in [0.29, 0.717) is 12.1 Å². The monoisotopic (exact) mass is 208 g/mol. The second-order valence-electron chi connectivity index (χ2n) is 4.51. The Balaban J connectivity index is 1.77. The molecule has 1 aliphatic carbocycles. The highest BCUT2D eigenvalue weighted by Crippen LogP contribution is 2.17. The van der Waals surface area contributed by atoms with Gasteiger partial charge in [-0.2, -0.15) is 5.10 Å². The molecule has 1 fully saturated rings. The summed E-state index contributed by atoms with van der Waals surface area (Å²) >= 11 is 0. The maximum absolute atomic E-state index is 5.87. The predicted octanol–water partition coefficient (Wildman–Crippen LogP) is 1.08. The third-order valence-electron chi connectivity index (χ3n) is 3.29. The maximum Gasteiger partial charge on any atom is 0.0535 e. The van der Waals surface area contributed by atoms with Gasteiger partial charge in [0, 0.05) is 29.9 Å². The van der Waals surface area contributed by atoms with Crippen molar-refractivity contribution in [1.82, 2.24) is 15.5 Å². The van der Waals surface area contributed by atoms with Crippen molar-refractivity contribution in [1.29, 1.82) is 0 Å². The highest BCUT2D eigenvalue weighted by atomic mass is 15.1.